The van der Waals surface area contributed by atoms with E-state index in [9.17, 15) is 0 Å². The van der Waals surface area contributed by atoms with E-state index < -0.39 is 0 Å². The van der Waals surface area contributed by atoms with E-state index in [1.807, 2.05) is 12.1 Å². The third-order valence-electron chi connectivity index (χ3n) is 11.7. The van der Waals surface area contributed by atoms with Crippen LogP contribution in [0.2, 0.25) is 0 Å². The zero-order chi connectivity index (χ0) is 37.5. The summed E-state index contributed by atoms with van der Waals surface area (Å²) in [6.07, 6.45) is 0. The van der Waals surface area contributed by atoms with Crippen LogP contribution in [0.3, 0.4) is 0 Å². The first-order valence-corrected chi connectivity index (χ1v) is 19.5. The number of fused-ring (bicyclic) bond motifs is 9. The van der Waals surface area contributed by atoms with Gasteiger partial charge in [0.05, 0.1) is 22.1 Å². The normalized spacial score (nSPS) is 11.9. The summed E-state index contributed by atoms with van der Waals surface area (Å²) in [5.74, 6) is 0. The van der Waals surface area contributed by atoms with E-state index >= 15 is 0 Å². The van der Waals surface area contributed by atoms with Gasteiger partial charge in [-0.2, -0.15) is 0 Å². The average molecular weight is 727 g/mol. The van der Waals surface area contributed by atoms with Crippen LogP contribution in [0.25, 0.3) is 110 Å². The van der Waals surface area contributed by atoms with Gasteiger partial charge < -0.3 is 13.6 Å². The van der Waals surface area contributed by atoms with E-state index in [-0.39, 0.29) is 0 Å². The van der Waals surface area contributed by atoms with Crippen LogP contribution in [-0.4, -0.2) is 9.13 Å². The maximum atomic E-state index is 6.09. The van der Waals surface area contributed by atoms with Gasteiger partial charge in [0.25, 0.3) is 0 Å². The second-order valence-corrected chi connectivity index (χ2v) is 14.9. The standard InChI is InChI=1S/C54H34N2O/c1-2-10-41(11-3-1)56-49-15-7-4-12-43(49)45-29-24-40(34-52(45)56)36-20-18-35(19-21-36)38-25-30-51-47(32-38)44-13-5-8-16-50(44)55(51)42-27-22-37(23-28-42)39-26-31-54-48(33-39)46-14-6-9-17-53(46)57-54/h1-34H. The van der Waals surface area contributed by atoms with Crippen LogP contribution in [0.4, 0.5) is 0 Å². The second-order valence-electron chi connectivity index (χ2n) is 14.9. The Morgan fingerprint density at radius 1 is 0.246 bits per heavy atom. The highest BCUT2D eigenvalue weighted by atomic mass is 16.3. The minimum atomic E-state index is 0.915. The van der Waals surface area contributed by atoms with Crippen LogP contribution in [0.1, 0.15) is 0 Å². The van der Waals surface area contributed by atoms with Crippen molar-refractivity contribution < 1.29 is 4.42 Å². The molecule has 12 aromatic rings. The Hall–Kier alpha value is -7.62. The van der Waals surface area contributed by atoms with Gasteiger partial charge in [0.15, 0.2) is 0 Å². The first-order chi connectivity index (χ1) is 28.2. The predicted octanol–water partition coefficient (Wildman–Crippen LogP) is 14.8. The lowest BCUT2D eigenvalue weighted by Gasteiger charge is -2.10. The predicted molar refractivity (Wildman–Crippen MR) is 239 cm³/mol. The van der Waals surface area contributed by atoms with Crippen LogP contribution >= 0.6 is 0 Å². The van der Waals surface area contributed by atoms with E-state index in [2.05, 4.69) is 203 Å². The van der Waals surface area contributed by atoms with Crippen LogP contribution in [0, 0.1) is 0 Å². The fraction of sp³-hybridized carbons (Fsp3) is 0. The Morgan fingerprint density at radius 3 is 1.40 bits per heavy atom. The third-order valence-corrected chi connectivity index (χ3v) is 11.7. The Balaban J connectivity index is 0.896. The molecule has 0 radical (unpaired) electrons. The van der Waals surface area contributed by atoms with Gasteiger partial charge in [-0.25, -0.2) is 0 Å². The van der Waals surface area contributed by atoms with Crippen LogP contribution in [-0.2, 0) is 0 Å². The highest BCUT2D eigenvalue weighted by molar-refractivity contribution is 6.12. The molecule has 3 heterocycles. The molecule has 0 amide bonds. The molecular formula is C54H34N2O. The molecule has 0 saturated heterocycles. The van der Waals surface area contributed by atoms with E-state index in [1.165, 1.54) is 82.7 Å². The number of hydrogen-bond acceptors (Lipinski definition) is 1. The highest BCUT2D eigenvalue weighted by Gasteiger charge is 2.16. The van der Waals surface area contributed by atoms with Crippen LogP contribution in [0.15, 0.2) is 211 Å². The summed E-state index contributed by atoms with van der Waals surface area (Å²) in [5.41, 5.74) is 16.1. The van der Waals surface area contributed by atoms with E-state index in [0.29, 0.717) is 0 Å². The van der Waals surface area contributed by atoms with Crippen LogP contribution in [0.5, 0.6) is 0 Å². The average Bonchev–Trinajstić information content (AvgIpc) is 3.94. The maximum Gasteiger partial charge on any atom is 0.135 e. The monoisotopic (exact) mass is 726 g/mol. The molecule has 0 N–H and O–H groups in total. The zero-order valence-electron chi connectivity index (χ0n) is 30.9. The fourth-order valence-corrected chi connectivity index (χ4v) is 9.00. The first-order valence-electron chi connectivity index (χ1n) is 19.5. The Bertz CT molecular complexity index is 3490. The molecule has 57 heavy (non-hydrogen) atoms. The van der Waals surface area contributed by atoms with E-state index in [4.69, 9.17) is 4.42 Å². The molecule has 3 heteroatoms. The van der Waals surface area contributed by atoms with Crippen molar-refractivity contribution >= 4 is 65.6 Å². The van der Waals surface area contributed by atoms with Gasteiger partial charge >= 0.3 is 0 Å². The molecule has 12 rings (SSSR count). The first kappa shape index (κ1) is 31.7. The molecule has 0 aliphatic rings. The second kappa shape index (κ2) is 12.5. The smallest absolute Gasteiger partial charge is 0.135 e. The lowest BCUT2D eigenvalue weighted by Crippen LogP contribution is -1.93. The topological polar surface area (TPSA) is 23.0 Å². The van der Waals surface area contributed by atoms with Crippen molar-refractivity contribution in [3.05, 3.63) is 206 Å². The maximum absolute atomic E-state index is 6.09. The molecule has 0 fully saturated rings. The van der Waals surface area contributed by atoms with Crippen molar-refractivity contribution in [1.82, 2.24) is 9.13 Å². The molecule has 0 spiro atoms. The number of hydrogen-bond donors (Lipinski definition) is 0. The van der Waals surface area contributed by atoms with Gasteiger partial charge in [-0.1, -0.05) is 133 Å². The quantitative estimate of drug-likeness (QED) is 0.173. The van der Waals surface area contributed by atoms with Crippen molar-refractivity contribution in [1.29, 1.82) is 0 Å². The van der Waals surface area contributed by atoms with Gasteiger partial charge in [0.2, 0.25) is 0 Å². The van der Waals surface area contributed by atoms with Gasteiger partial charge in [-0.15, -0.1) is 0 Å². The summed E-state index contributed by atoms with van der Waals surface area (Å²) in [6.45, 7) is 0. The molecule has 0 unspecified atom stereocenters. The van der Waals surface area contributed by atoms with Crippen LogP contribution < -0.4 is 0 Å². The lowest BCUT2D eigenvalue weighted by atomic mass is 9.98. The zero-order valence-corrected chi connectivity index (χ0v) is 30.9. The summed E-state index contributed by atoms with van der Waals surface area (Å²) in [6, 6.07) is 74.5. The van der Waals surface area contributed by atoms with Crippen molar-refractivity contribution in [2.24, 2.45) is 0 Å². The largest absolute Gasteiger partial charge is 0.456 e. The van der Waals surface area contributed by atoms with E-state index in [1.54, 1.807) is 0 Å². The molecule has 266 valence electrons. The van der Waals surface area contributed by atoms with Crippen molar-refractivity contribution in [3.63, 3.8) is 0 Å². The Labute approximate surface area is 328 Å². The summed E-state index contributed by atoms with van der Waals surface area (Å²) < 4.78 is 10.9. The van der Waals surface area contributed by atoms with E-state index in [0.717, 1.165) is 27.6 Å². The molecule has 0 bridgehead atoms. The molecule has 9 aromatic carbocycles. The summed E-state index contributed by atoms with van der Waals surface area (Å²) in [5, 5.41) is 7.31. The molecule has 0 aliphatic carbocycles. The SMILES string of the molecule is c1ccc(-n2c3ccccc3c3ccc(-c4ccc(-c5ccc6c(c5)c5ccccc5n6-c5ccc(-c6ccc7oc8ccccc8c7c6)cc5)cc4)cc32)cc1. The van der Waals surface area contributed by atoms with Gasteiger partial charge in [0.1, 0.15) is 11.2 Å². The van der Waals surface area contributed by atoms with Crippen molar-refractivity contribution in [2.45, 2.75) is 0 Å². The minimum absolute atomic E-state index is 0.915. The molecule has 0 aliphatic heterocycles. The highest BCUT2D eigenvalue weighted by Crippen LogP contribution is 2.38. The summed E-state index contributed by atoms with van der Waals surface area (Å²) in [4.78, 5) is 0. The number of para-hydroxylation sites is 4. The lowest BCUT2D eigenvalue weighted by molar-refractivity contribution is 0.669. The summed E-state index contributed by atoms with van der Waals surface area (Å²) >= 11 is 0. The molecule has 3 nitrogen and oxygen atoms in total. The number of benzene rings is 9. The number of rotatable bonds is 5. The minimum Gasteiger partial charge on any atom is -0.456 e. The molecule has 0 atom stereocenters. The number of nitrogens with zero attached hydrogens (tertiary/aromatic N) is 2. The molecule has 0 saturated carbocycles. The van der Waals surface area contributed by atoms with Gasteiger partial charge in [0, 0.05) is 43.7 Å². The van der Waals surface area contributed by atoms with Gasteiger partial charge in [-0.05, 0) is 106 Å². The van der Waals surface area contributed by atoms with Gasteiger partial charge in [-0.3, -0.25) is 0 Å². The van der Waals surface area contributed by atoms with Crippen molar-refractivity contribution in [3.8, 4) is 44.8 Å². The summed E-state index contributed by atoms with van der Waals surface area (Å²) in [7, 11) is 0. The molecule has 3 aromatic heterocycles. The van der Waals surface area contributed by atoms with Crippen molar-refractivity contribution in [2.75, 3.05) is 0 Å². The molecular weight excluding hydrogens is 693 g/mol. The number of aromatic nitrogens is 2. The third kappa shape index (κ3) is 4.99. The Kier molecular flexibility index (Phi) is 6.93. The number of furan rings is 1. The Morgan fingerprint density at radius 2 is 0.684 bits per heavy atom. The fourth-order valence-electron chi connectivity index (χ4n) is 9.00.